The van der Waals surface area contributed by atoms with Crippen LogP contribution in [0.15, 0.2) is 36.5 Å². The molecular weight excluding hydrogens is 216 g/mol. The summed E-state index contributed by atoms with van der Waals surface area (Å²) in [6.07, 6.45) is 1.74. The second-order valence-electron chi connectivity index (χ2n) is 3.93. The predicted octanol–water partition coefficient (Wildman–Crippen LogP) is 1.80. The standard InChI is InChI=1S/C13H14N2O2/c1-9(13(16)17)15-8-11-5-2-4-10-6-3-7-14-12(10)11/h2-7,9,15H,8H2,1H3,(H,16,17). The number of hydrogen-bond acceptors (Lipinski definition) is 3. The van der Waals surface area contributed by atoms with E-state index in [0.29, 0.717) is 6.54 Å². The van der Waals surface area contributed by atoms with Gasteiger partial charge in [-0.1, -0.05) is 24.3 Å². The van der Waals surface area contributed by atoms with Gasteiger partial charge in [0.05, 0.1) is 5.52 Å². The fourth-order valence-corrected chi connectivity index (χ4v) is 1.66. The van der Waals surface area contributed by atoms with Gasteiger partial charge in [0.1, 0.15) is 6.04 Å². The summed E-state index contributed by atoms with van der Waals surface area (Å²) in [5, 5.41) is 12.8. The zero-order chi connectivity index (χ0) is 12.3. The topological polar surface area (TPSA) is 62.2 Å². The molecule has 0 fully saturated rings. The van der Waals surface area contributed by atoms with E-state index in [9.17, 15) is 4.79 Å². The lowest BCUT2D eigenvalue weighted by Gasteiger charge is -2.10. The molecule has 0 radical (unpaired) electrons. The summed E-state index contributed by atoms with van der Waals surface area (Å²) in [4.78, 5) is 15.0. The fraction of sp³-hybridized carbons (Fsp3) is 0.231. The molecule has 1 aromatic heterocycles. The van der Waals surface area contributed by atoms with E-state index in [0.717, 1.165) is 16.5 Å². The molecule has 0 amide bonds. The van der Waals surface area contributed by atoms with E-state index in [4.69, 9.17) is 5.11 Å². The molecule has 0 bridgehead atoms. The Kier molecular flexibility index (Phi) is 3.35. The minimum atomic E-state index is -0.849. The summed E-state index contributed by atoms with van der Waals surface area (Å²) in [7, 11) is 0. The quantitative estimate of drug-likeness (QED) is 0.840. The van der Waals surface area contributed by atoms with Gasteiger partial charge in [0.15, 0.2) is 0 Å². The first-order valence-corrected chi connectivity index (χ1v) is 5.47. The van der Waals surface area contributed by atoms with Crippen molar-refractivity contribution in [3.8, 4) is 0 Å². The Morgan fingerprint density at radius 2 is 2.18 bits per heavy atom. The number of fused-ring (bicyclic) bond motifs is 1. The van der Waals surface area contributed by atoms with Crippen LogP contribution in [0.1, 0.15) is 12.5 Å². The smallest absolute Gasteiger partial charge is 0.320 e. The first kappa shape index (κ1) is 11.5. The van der Waals surface area contributed by atoms with E-state index in [1.807, 2.05) is 30.3 Å². The van der Waals surface area contributed by atoms with Crippen molar-refractivity contribution in [2.45, 2.75) is 19.5 Å². The van der Waals surface area contributed by atoms with Crippen LogP contribution in [-0.2, 0) is 11.3 Å². The average molecular weight is 230 g/mol. The van der Waals surface area contributed by atoms with Gasteiger partial charge >= 0.3 is 5.97 Å². The highest BCUT2D eigenvalue weighted by atomic mass is 16.4. The van der Waals surface area contributed by atoms with E-state index in [-0.39, 0.29) is 0 Å². The number of para-hydroxylation sites is 1. The highest BCUT2D eigenvalue weighted by Crippen LogP contribution is 2.15. The van der Waals surface area contributed by atoms with Crippen LogP contribution in [-0.4, -0.2) is 22.1 Å². The highest BCUT2D eigenvalue weighted by Gasteiger charge is 2.10. The number of carboxylic acid groups (broad SMARTS) is 1. The van der Waals surface area contributed by atoms with Crippen molar-refractivity contribution in [1.29, 1.82) is 0 Å². The molecule has 1 heterocycles. The molecule has 0 saturated heterocycles. The normalized spacial score (nSPS) is 12.5. The molecule has 0 saturated carbocycles. The molecule has 0 spiro atoms. The summed E-state index contributed by atoms with van der Waals surface area (Å²) in [6, 6.07) is 9.22. The highest BCUT2D eigenvalue weighted by molar-refractivity contribution is 5.81. The second kappa shape index (κ2) is 4.93. The third-order valence-electron chi connectivity index (χ3n) is 2.69. The largest absolute Gasteiger partial charge is 0.480 e. The maximum atomic E-state index is 10.7. The van der Waals surface area contributed by atoms with Crippen molar-refractivity contribution in [3.63, 3.8) is 0 Å². The maximum absolute atomic E-state index is 10.7. The van der Waals surface area contributed by atoms with Gasteiger partial charge in [-0.05, 0) is 18.6 Å². The van der Waals surface area contributed by atoms with Crippen LogP contribution >= 0.6 is 0 Å². The number of hydrogen-bond donors (Lipinski definition) is 2. The molecular formula is C13H14N2O2. The van der Waals surface area contributed by atoms with Gasteiger partial charge in [-0.3, -0.25) is 9.78 Å². The first-order chi connectivity index (χ1) is 8.18. The van der Waals surface area contributed by atoms with Gasteiger partial charge < -0.3 is 10.4 Å². The second-order valence-corrected chi connectivity index (χ2v) is 3.93. The van der Waals surface area contributed by atoms with E-state index in [2.05, 4.69) is 10.3 Å². The predicted molar refractivity (Wildman–Crippen MR) is 65.7 cm³/mol. The Hall–Kier alpha value is -1.94. The van der Waals surface area contributed by atoms with Gasteiger partial charge in [0, 0.05) is 18.1 Å². The van der Waals surface area contributed by atoms with Crippen LogP contribution in [0.2, 0.25) is 0 Å². The van der Waals surface area contributed by atoms with Crippen LogP contribution in [0.4, 0.5) is 0 Å². The van der Waals surface area contributed by atoms with Crippen LogP contribution in [0.3, 0.4) is 0 Å². The molecule has 88 valence electrons. The number of benzene rings is 1. The van der Waals surface area contributed by atoms with Crippen molar-refractivity contribution >= 4 is 16.9 Å². The molecule has 1 aromatic carbocycles. The third kappa shape index (κ3) is 2.60. The van der Waals surface area contributed by atoms with Gasteiger partial charge in [-0.15, -0.1) is 0 Å². The number of rotatable bonds is 4. The number of nitrogens with zero attached hydrogens (tertiary/aromatic N) is 1. The Bertz CT molecular complexity index is 534. The average Bonchev–Trinajstić information content (AvgIpc) is 2.35. The summed E-state index contributed by atoms with van der Waals surface area (Å²) in [6.45, 7) is 2.13. The molecule has 4 nitrogen and oxygen atoms in total. The first-order valence-electron chi connectivity index (χ1n) is 5.47. The number of carboxylic acids is 1. The van der Waals surface area contributed by atoms with Crippen LogP contribution in [0, 0.1) is 0 Å². The summed E-state index contributed by atoms with van der Waals surface area (Å²) < 4.78 is 0. The van der Waals surface area contributed by atoms with Gasteiger partial charge in [0.2, 0.25) is 0 Å². The lowest BCUT2D eigenvalue weighted by Crippen LogP contribution is -2.33. The summed E-state index contributed by atoms with van der Waals surface area (Å²) >= 11 is 0. The van der Waals surface area contributed by atoms with Gasteiger partial charge in [0.25, 0.3) is 0 Å². The van der Waals surface area contributed by atoms with Crippen molar-refractivity contribution in [2.75, 3.05) is 0 Å². The Balaban J connectivity index is 2.21. The van der Waals surface area contributed by atoms with E-state index >= 15 is 0 Å². The lowest BCUT2D eigenvalue weighted by molar-refractivity contribution is -0.139. The van der Waals surface area contributed by atoms with Gasteiger partial charge in [-0.25, -0.2) is 0 Å². The van der Waals surface area contributed by atoms with Crippen LogP contribution in [0.25, 0.3) is 10.9 Å². The van der Waals surface area contributed by atoms with Crippen molar-refractivity contribution < 1.29 is 9.90 Å². The van der Waals surface area contributed by atoms with E-state index < -0.39 is 12.0 Å². The third-order valence-corrected chi connectivity index (χ3v) is 2.69. The molecule has 0 aliphatic heterocycles. The monoisotopic (exact) mass is 230 g/mol. The molecule has 1 unspecified atom stereocenters. The lowest BCUT2D eigenvalue weighted by atomic mass is 10.1. The van der Waals surface area contributed by atoms with E-state index in [1.165, 1.54) is 0 Å². The SMILES string of the molecule is CC(NCc1cccc2cccnc12)C(=O)O. The zero-order valence-corrected chi connectivity index (χ0v) is 9.55. The molecule has 0 aliphatic rings. The van der Waals surface area contributed by atoms with Crippen molar-refractivity contribution in [1.82, 2.24) is 10.3 Å². The number of pyridine rings is 1. The van der Waals surface area contributed by atoms with Crippen LogP contribution in [0.5, 0.6) is 0 Å². The number of carbonyl (C=O) groups is 1. The number of aromatic nitrogens is 1. The van der Waals surface area contributed by atoms with Crippen molar-refractivity contribution in [2.24, 2.45) is 0 Å². The Morgan fingerprint density at radius 1 is 1.41 bits per heavy atom. The Labute approximate surface area is 99.3 Å². The molecule has 2 aromatic rings. The number of aliphatic carboxylic acids is 1. The number of nitrogens with one attached hydrogen (secondary N) is 1. The maximum Gasteiger partial charge on any atom is 0.320 e. The molecule has 17 heavy (non-hydrogen) atoms. The summed E-state index contributed by atoms with van der Waals surface area (Å²) in [5.41, 5.74) is 1.93. The zero-order valence-electron chi connectivity index (χ0n) is 9.55. The van der Waals surface area contributed by atoms with Gasteiger partial charge in [-0.2, -0.15) is 0 Å². The van der Waals surface area contributed by atoms with Crippen LogP contribution < -0.4 is 5.32 Å². The molecule has 0 aliphatic carbocycles. The van der Waals surface area contributed by atoms with Crippen molar-refractivity contribution in [3.05, 3.63) is 42.1 Å². The molecule has 2 N–H and O–H groups in total. The Morgan fingerprint density at radius 3 is 2.94 bits per heavy atom. The van der Waals surface area contributed by atoms with E-state index in [1.54, 1.807) is 13.1 Å². The minimum Gasteiger partial charge on any atom is -0.480 e. The summed E-state index contributed by atoms with van der Waals surface area (Å²) in [5.74, 6) is -0.849. The molecule has 1 atom stereocenters. The fourth-order valence-electron chi connectivity index (χ4n) is 1.66. The molecule has 4 heteroatoms. The minimum absolute atomic E-state index is 0.502. The molecule has 2 rings (SSSR count).